The Balaban J connectivity index is 1.63. The maximum absolute atomic E-state index is 12.2. The van der Waals surface area contributed by atoms with Gasteiger partial charge in [0, 0.05) is 21.5 Å². The van der Waals surface area contributed by atoms with Crippen LogP contribution in [0.15, 0.2) is 54.7 Å². The molecule has 25 heavy (non-hydrogen) atoms. The quantitative estimate of drug-likeness (QED) is 0.454. The van der Waals surface area contributed by atoms with Gasteiger partial charge in [0.1, 0.15) is 0 Å². The first-order chi connectivity index (χ1) is 12.1. The van der Waals surface area contributed by atoms with Crippen LogP contribution in [0.4, 0.5) is 5.13 Å². The first-order valence-electron chi connectivity index (χ1n) is 7.63. The van der Waals surface area contributed by atoms with E-state index in [4.69, 9.17) is 11.6 Å². The monoisotopic (exact) mass is 384 g/mol. The molecule has 6 heteroatoms. The predicted octanol–water partition coefficient (Wildman–Crippen LogP) is 6.24. The van der Waals surface area contributed by atoms with Crippen molar-refractivity contribution in [1.82, 2.24) is 4.98 Å². The van der Waals surface area contributed by atoms with Gasteiger partial charge in [0.15, 0.2) is 5.13 Å². The number of nitrogens with one attached hydrogen (secondary N) is 1. The molecule has 2 aromatic heterocycles. The molecule has 0 aliphatic heterocycles. The number of hydrogen-bond donors (Lipinski definition) is 1. The number of aromatic nitrogens is 1. The SMILES string of the molecule is Cc1c(-c2cnc(NC(=O)c3ccccc3)s2)sc2ccc(Cl)cc12. The van der Waals surface area contributed by atoms with Gasteiger partial charge in [0.2, 0.25) is 0 Å². The fourth-order valence-electron chi connectivity index (χ4n) is 2.62. The number of anilines is 1. The zero-order chi connectivity index (χ0) is 17.4. The number of thiophene rings is 1. The molecule has 2 heterocycles. The molecule has 0 aliphatic carbocycles. The molecular weight excluding hydrogens is 372 g/mol. The van der Waals surface area contributed by atoms with E-state index in [0.29, 0.717) is 10.7 Å². The first-order valence-corrected chi connectivity index (χ1v) is 9.64. The molecule has 0 atom stereocenters. The van der Waals surface area contributed by atoms with Crippen LogP contribution in [0.25, 0.3) is 19.8 Å². The molecule has 3 nitrogen and oxygen atoms in total. The smallest absolute Gasteiger partial charge is 0.257 e. The van der Waals surface area contributed by atoms with Gasteiger partial charge >= 0.3 is 0 Å². The molecule has 4 aromatic rings. The Morgan fingerprint density at radius 1 is 1.12 bits per heavy atom. The summed E-state index contributed by atoms with van der Waals surface area (Å²) in [5.74, 6) is -0.152. The second kappa shape index (κ2) is 6.59. The van der Waals surface area contributed by atoms with Crippen LogP contribution in [-0.4, -0.2) is 10.9 Å². The normalized spacial score (nSPS) is 11.0. The molecule has 0 radical (unpaired) electrons. The van der Waals surface area contributed by atoms with Gasteiger partial charge in [-0.3, -0.25) is 10.1 Å². The van der Waals surface area contributed by atoms with E-state index in [1.165, 1.54) is 21.6 Å². The van der Waals surface area contributed by atoms with Crippen LogP contribution in [0.5, 0.6) is 0 Å². The summed E-state index contributed by atoms with van der Waals surface area (Å²) >= 11 is 9.30. The van der Waals surface area contributed by atoms with Crippen LogP contribution in [-0.2, 0) is 0 Å². The average molecular weight is 385 g/mol. The Labute approximate surface area is 157 Å². The minimum atomic E-state index is -0.152. The van der Waals surface area contributed by atoms with Gasteiger partial charge in [-0.05, 0) is 48.2 Å². The van der Waals surface area contributed by atoms with Crippen molar-refractivity contribution in [3.05, 3.63) is 70.9 Å². The lowest BCUT2D eigenvalue weighted by Crippen LogP contribution is -2.11. The zero-order valence-electron chi connectivity index (χ0n) is 13.2. The third-order valence-electron chi connectivity index (χ3n) is 3.88. The highest BCUT2D eigenvalue weighted by Crippen LogP contribution is 2.41. The summed E-state index contributed by atoms with van der Waals surface area (Å²) in [4.78, 5) is 18.8. The highest BCUT2D eigenvalue weighted by molar-refractivity contribution is 7.27. The number of carbonyl (C=O) groups is 1. The summed E-state index contributed by atoms with van der Waals surface area (Å²) in [6.07, 6.45) is 1.81. The molecule has 0 spiro atoms. The molecule has 0 aliphatic rings. The van der Waals surface area contributed by atoms with Crippen molar-refractivity contribution >= 4 is 55.4 Å². The number of aryl methyl sites for hydroxylation is 1. The van der Waals surface area contributed by atoms with Crippen molar-refractivity contribution in [3.63, 3.8) is 0 Å². The number of amides is 1. The fourth-order valence-corrected chi connectivity index (χ4v) is 4.95. The van der Waals surface area contributed by atoms with Gasteiger partial charge in [-0.15, -0.1) is 11.3 Å². The fraction of sp³-hybridized carbons (Fsp3) is 0.0526. The maximum Gasteiger partial charge on any atom is 0.257 e. The average Bonchev–Trinajstić information content (AvgIpc) is 3.20. The van der Waals surface area contributed by atoms with Gasteiger partial charge in [-0.2, -0.15) is 0 Å². The summed E-state index contributed by atoms with van der Waals surface area (Å²) in [6, 6.07) is 15.1. The van der Waals surface area contributed by atoms with Crippen LogP contribution in [0.2, 0.25) is 5.02 Å². The van der Waals surface area contributed by atoms with Gasteiger partial charge in [-0.25, -0.2) is 4.98 Å². The number of thiazole rings is 1. The number of benzene rings is 2. The second-order valence-electron chi connectivity index (χ2n) is 5.55. The second-order valence-corrected chi connectivity index (χ2v) is 8.07. The molecule has 0 saturated heterocycles. The summed E-state index contributed by atoms with van der Waals surface area (Å²) in [7, 11) is 0. The Kier molecular flexibility index (Phi) is 4.29. The van der Waals surface area contributed by atoms with E-state index in [2.05, 4.69) is 17.2 Å². The van der Waals surface area contributed by atoms with Crippen molar-refractivity contribution < 1.29 is 4.79 Å². The van der Waals surface area contributed by atoms with E-state index >= 15 is 0 Å². The lowest BCUT2D eigenvalue weighted by atomic mass is 10.1. The number of hydrogen-bond acceptors (Lipinski definition) is 4. The number of nitrogens with zero attached hydrogens (tertiary/aromatic N) is 1. The standard InChI is InChI=1S/C19H13ClN2OS2/c1-11-14-9-13(20)7-8-15(14)24-17(11)16-10-21-19(25-16)22-18(23)12-5-3-2-4-6-12/h2-10H,1H3,(H,21,22,23). The molecule has 124 valence electrons. The third-order valence-corrected chi connectivity index (χ3v) is 6.48. The predicted molar refractivity (Wildman–Crippen MR) is 107 cm³/mol. The Morgan fingerprint density at radius 2 is 1.92 bits per heavy atom. The van der Waals surface area contributed by atoms with Crippen molar-refractivity contribution in [2.75, 3.05) is 5.32 Å². The molecule has 0 unspecified atom stereocenters. The van der Waals surface area contributed by atoms with Gasteiger partial charge in [0.05, 0.1) is 9.75 Å². The molecule has 4 rings (SSSR count). The Hall–Kier alpha value is -2.21. The van der Waals surface area contributed by atoms with Crippen LogP contribution >= 0.6 is 34.3 Å². The molecule has 0 fully saturated rings. The van der Waals surface area contributed by atoms with E-state index in [0.717, 1.165) is 20.2 Å². The highest BCUT2D eigenvalue weighted by Gasteiger charge is 2.15. The van der Waals surface area contributed by atoms with Gasteiger partial charge in [0.25, 0.3) is 5.91 Å². The van der Waals surface area contributed by atoms with Crippen LogP contribution in [0, 0.1) is 6.92 Å². The van der Waals surface area contributed by atoms with E-state index < -0.39 is 0 Å². The molecule has 1 N–H and O–H groups in total. The third kappa shape index (κ3) is 3.18. The first kappa shape index (κ1) is 16.3. The summed E-state index contributed by atoms with van der Waals surface area (Å²) in [5, 5.41) is 5.36. The van der Waals surface area contributed by atoms with Crippen molar-refractivity contribution in [1.29, 1.82) is 0 Å². The minimum absolute atomic E-state index is 0.152. The molecule has 2 aromatic carbocycles. The number of rotatable bonds is 3. The number of fused-ring (bicyclic) bond motifs is 1. The number of carbonyl (C=O) groups excluding carboxylic acids is 1. The van der Waals surface area contributed by atoms with Crippen LogP contribution < -0.4 is 5.32 Å². The summed E-state index contributed by atoms with van der Waals surface area (Å²) in [6.45, 7) is 2.09. The van der Waals surface area contributed by atoms with Crippen LogP contribution in [0.1, 0.15) is 15.9 Å². The van der Waals surface area contributed by atoms with Crippen LogP contribution in [0.3, 0.4) is 0 Å². The largest absolute Gasteiger partial charge is 0.298 e. The number of halogens is 1. The Morgan fingerprint density at radius 3 is 2.72 bits per heavy atom. The summed E-state index contributed by atoms with van der Waals surface area (Å²) < 4.78 is 1.19. The zero-order valence-corrected chi connectivity index (χ0v) is 15.6. The minimum Gasteiger partial charge on any atom is -0.298 e. The van der Waals surface area contributed by atoms with Crippen molar-refractivity contribution in [2.24, 2.45) is 0 Å². The summed E-state index contributed by atoms with van der Waals surface area (Å²) in [5.41, 5.74) is 1.80. The van der Waals surface area contributed by atoms with Gasteiger partial charge < -0.3 is 0 Å². The Bertz CT molecular complexity index is 1070. The molecule has 0 bridgehead atoms. The van der Waals surface area contributed by atoms with E-state index in [1.54, 1.807) is 23.5 Å². The van der Waals surface area contributed by atoms with E-state index in [-0.39, 0.29) is 5.91 Å². The maximum atomic E-state index is 12.2. The van der Waals surface area contributed by atoms with Crippen molar-refractivity contribution in [2.45, 2.75) is 6.92 Å². The van der Waals surface area contributed by atoms with Crippen molar-refractivity contribution in [3.8, 4) is 9.75 Å². The molecule has 1 amide bonds. The lowest BCUT2D eigenvalue weighted by Gasteiger charge is -2.00. The highest BCUT2D eigenvalue weighted by atomic mass is 35.5. The topological polar surface area (TPSA) is 42.0 Å². The van der Waals surface area contributed by atoms with E-state index in [1.807, 2.05) is 42.6 Å². The van der Waals surface area contributed by atoms with Gasteiger partial charge in [-0.1, -0.05) is 41.1 Å². The molecule has 0 saturated carbocycles. The molecular formula is C19H13ClN2OS2. The lowest BCUT2D eigenvalue weighted by molar-refractivity contribution is 0.102. The van der Waals surface area contributed by atoms with E-state index in [9.17, 15) is 4.79 Å².